The number of methoxy groups -OCH3 is 3. The second kappa shape index (κ2) is 9.25. The van der Waals surface area contributed by atoms with Crippen molar-refractivity contribution < 1.29 is 19.0 Å². The quantitative estimate of drug-likeness (QED) is 0.633. The summed E-state index contributed by atoms with van der Waals surface area (Å²) in [6, 6.07) is 12.5. The first-order valence-electron chi connectivity index (χ1n) is 9.19. The highest BCUT2D eigenvalue weighted by Crippen LogP contribution is 2.28. The number of nitrogens with zero attached hydrogens (tertiary/aromatic N) is 1. The van der Waals surface area contributed by atoms with Crippen LogP contribution in [-0.2, 0) is 22.5 Å². The summed E-state index contributed by atoms with van der Waals surface area (Å²) < 4.78 is 17.1. The van der Waals surface area contributed by atoms with Crippen molar-refractivity contribution in [2.45, 2.75) is 13.0 Å². The Bertz CT molecular complexity index is 1070. The van der Waals surface area contributed by atoms with Crippen molar-refractivity contribution in [2.75, 3.05) is 33.3 Å². The van der Waals surface area contributed by atoms with E-state index in [-0.39, 0.29) is 17.9 Å². The van der Waals surface area contributed by atoms with E-state index < -0.39 is 0 Å². The molecule has 0 aliphatic rings. The molecule has 1 N–H and O–H groups in total. The Labute approximate surface area is 168 Å². The van der Waals surface area contributed by atoms with E-state index in [2.05, 4.69) is 5.32 Å². The van der Waals surface area contributed by atoms with E-state index in [9.17, 15) is 9.59 Å². The molecule has 0 saturated heterocycles. The molecule has 1 amide bonds. The monoisotopic (exact) mass is 396 g/mol. The van der Waals surface area contributed by atoms with E-state index in [1.807, 2.05) is 12.1 Å². The fourth-order valence-corrected chi connectivity index (χ4v) is 3.16. The molecule has 0 fully saturated rings. The van der Waals surface area contributed by atoms with Crippen molar-refractivity contribution in [3.05, 3.63) is 64.6 Å². The number of hydrogen-bond donors (Lipinski definition) is 1. The minimum Gasteiger partial charge on any atom is -0.493 e. The highest BCUT2D eigenvalue weighted by atomic mass is 16.5. The van der Waals surface area contributed by atoms with Gasteiger partial charge in [-0.3, -0.25) is 9.59 Å². The van der Waals surface area contributed by atoms with Crippen LogP contribution in [0.1, 0.15) is 5.56 Å². The Hall–Kier alpha value is -3.32. The third-order valence-corrected chi connectivity index (χ3v) is 4.64. The minimum absolute atomic E-state index is 0.115. The molecule has 29 heavy (non-hydrogen) atoms. The minimum atomic E-state index is -0.187. The zero-order chi connectivity index (χ0) is 20.8. The summed E-state index contributed by atoms with van der Waals surface area (Å²) >= 11 is 0. The van der Waals surface area contributed by atoms with E-state index in [1.54, 1.807) is 62.4 Å². The summed E-state index contributed by atoms with van der Waals surface area (Å²) in [5, 5.41) is 4.15. The molecule has 0 aliphatic heterocycles. The first kappa shape index (κ1) is 20.4. The number of carbonyl (C=O) groups is 1. The Kier molecular flexibility index (Phi) is 6.51. The smallest absolute Gasteiger partial charge is 0.258 e. The fourth-order valence-electron chi connectivity index (χ4n) is 3.16. The van der Waals surface area contributed by atoms with Crippen LogP contribution in [0.4, 0.5) is 5.69 Å². The number of anilines is 1. The highest BCUT2D eigenvalue weighted by molar-refractivity contribution is 6.02. The number of fused-ring (bicyclic) bond motifs is 1. The van der Waals surface area contributed by atoms with Crippen LogP contribution in [-0.4, -0.2) is 38.4 Å². The van der Waals surface area contributed by atoms with E-state index in [0.717, 1.165) is 5.56 Å². The van der Waals surface area contributed by atoms with Crippen LogP contribution in [0.5, 0.6) is 11.5 Å². The molecule has 7 heteroatoms. The Balaban J connectivity index is 1.82. The second-order valence-corrected chi connectivity index (χ2v) is 6.49. The number of hydrogen-bond acceptors (Lipinski definition) is 5. The molecule has 0 radical (unpaired) electrons. The maximum Gasteiger partial charge on any atom is 0.258 e. The highest BCUT2D eigenvalue weighted by Gasteiger charge is 2.11. The van der Waals surface area contributed by atoms with Gasteiger partial charge in [0.1, 0.15) is 0 Å². The predicted octanol–water partition coefficient (Wildman–Crippen LogP) is 2.85. The first-order chi connectivity index (χ1) is 14.1. The zero-order valence-electron chi connectivity index (χ0n) is 16.7. The Morgan fingerprint density at radius 3 is 2.52 bits per heavy atom. The maximum absolute atomic E-state index is 12.7. The third-order valence-electron chi connectivity index (χ3n) is 4.64. The van der Waals surface area contributed by atoms with Crippen molar-refractivity contribution in [2.24, 2.45) is 0 Å². The molecule has 0 spiro atoms. The molecule has 3 rings (SSSR count). The van der Waals surface area contributed by atoms with Gasteiger partial charge in [0.05, 0.1) is 27.2 Å². The molecule has 0 unspecified atom stereocenters. The lowest BCUT2D eigenvalue weighted by Crippen LogP contribution is -2.22. The lowest BCUT2D eigenvalue weighted by Gasteiger charge is -2.12. The number of nitrogens with one attached hydrogen (secondary N) is 1. The number of rotatable bonds is 8. The molecular formula is C22H24N2O5. The number of benzene rings is 2. The van der Waals surface area contributed by atoms with Crippen LogP contribution in [0.3, 0.4) is 0 Å². The van der Waals surface area contributed by atoms with Gasteiger partial charge in [0.2, 0.25) is 5.91 Å². The van der Waals surface area contributed by atoms with Gasteiger partial charge in [0, 0.05) is 36.3 Å². The van der Waals surface area contributed by atoms with Crippen molar-refractivity contribution in [1.82, 2.24) is 4.57 Å². The average Bonchev–Trinajstić information content (AvgIpc) is 2.73. The molecule has 7 nitrogen and oxygen atoms in total. The number of amides is 1. The zero-order valence-corrected chi connectivity index (χ0v) is 16.7. The van der Waals surface area contributed by atoms with Crippen molar-refractivity contribution in [3.63, 3.8) is 0 Å². The van der Waals surface area contributed by atoms with Crippen molar-refractivity contribution >= 4 is 22.4 Å². The molecule has 0 aliphatic carbocycles. The second-order valence-electron chi connectivity index (χ2n) is 6.49. The van der Waals surface area contributed by atoms with Crippen LogP contribution in [0.2, 0.25) is 0 Å². The van der Waals surface area contributed by atoms with Crippen LogP contribution in [0, 0.1) is 0 Å². The van der Waals surface area contributed by atoms with Crippen LogP contribution < -0.4 is 20.3 Å². The molecule has 1 heterocycles. The fraction of sp³-hybridized carbons (Fsp3) is 0.273. The summed E-state index contributed by atoms with van der Waals surface area (Å²) in [5.41, 5.74) is 1.28. The molecule has 2 aromatic carbocycles. The largest absolute Gasteiger partial charge is 0.493 e. The Morgan fingerprint density at radius 1 is 1.00 bits per heavy atom. The number of carbonyl (C=O) groups excluding carboxylic acids is 1. The SMILES string of the molecule is COCCn1ccc2c(NC(=O)Cc3ccc(OC)c(OC)c3)cccc2c1=O. The Morgan fingerprint density at radius 2 is 1.79 bits per heavy atom. The van der Waals surface area contributed by atoms with Gasteiger partial charge in [-0.2, -0.15) is 0 Å². The standard InChI is InChI=1S/C22H24N2O5/c1-27-12-11-24-10-9-16-17(22(24)26)5-4-6-18(16)23-21(25)14-15-7-8-19(28-2)20(13-15)29-3/h4-10,13H,11-12,14H2,1-3H3,(H,23,25). The summed E-state index contributed by atoms with van der Waals surface area (Å²) in [4.78, 5) is 25.3. The van der Waals surface area contributed by atoms with Crippen LogP contribution in [0.25, 0.3) is 10.8 Å². The van der Waals surface area contributed by atoms with E-state index in [4.69, 9.17) is 14.2 Å². The predicted molar refractivity (Wildman–Crippen MR) is 112 cm³/mol. The number of ether oxygens (including phenoxy) is 3. The van der Waals surface area contributed by atoms with Gasteiger partial charge >= 0.3 is 0 Å². The van der Waals surface area contributed by atoms with Crippen molar-refractivity contribution in [3.8, 4) is 11.5 Å². The first-order valence-corrected chi connectivity index (χ1v) is 9.19. The molecule has 1 aromatic heterocycles. The van der Waals surface area contributed by atoms with Gasteiger partial charge in [-0.25, -0.2) is 0 Å². The van der Waals surface area contributed by atoms with Gasteiger partial charge in [-0.1, -0.05) is 12.1 Å². The molecule has 152 valence electrons. The van der Waals surface area contributed by atoms with E-state index in [0.29, 0.717) is 41.1 Å². The van der Waals surface area contributed by atoms with E-state index >= 15 is 0 Å². The van der Waals surface area contributed by atoms with Crippen molar-refractivity contribution in [1.29, 1.82) is 0 Å². The summed E-state index contributed by atoms with van der Waals surface area (Å²) in [6.45, 7) is 0.925. The van der Waals surface area contributed by atoms with Crippen LogP contribution in [0.15, 0.2) is 53.5 Å². The number of aromatic nitrogens is 1. The number of pyridine rings is 1. The van der Waals surface area contributed by atoms with Gasteiger partial charge in [-0.15, -0.1) is 0 Å². The topological polar surface area (TPSA) is 78.8 Å². The lowest BCUT2D eigenvalue weighted by molar-refractivity contribution is -0.115. The van der Waals surface area contributed by atoms with Crippen LogP contribution >= 0.6 is 0 Å². The van der Waals surface area contributed by atoms with Gasteiger partial charge in [-0.05, 0) is 35.9 Å². The molecule has 0 bridgehead atoms. The molecule has 0 atom stereocenters. The summed E-state index contributed by atoms with van der Waals surface area (Å²) in [5.74, 6) is 0.989. The average molecular weight is 396 g/mol. The van der Waals surface area contributed by atoms with Gasteiger partial charge in [0.25, 0.3) is 5.56 Å². The summed E-state index contributed by atoms with van der Waals surface area (Å²) in [6.07, 6.45) is 1.88. The molecule has 3 aromatic rings. The normalized spacial score (nSPS) is 10.7. The van der Waals surface area contributed by atoms with Gasteiger partial charge < -0.3 is 24.1 Å². The lowest BCUT2D eigenvalue weighted by atomic mass is 10.1. The third kappa shape index (κ3) is 4.57. The summed E-state index contributed by atoms with van der Waals surface area (Å²) in [7, 11) is 4.71. The molecule has 0 saturated carbocycles. The van der Waals surface area contributed by atoms with Gasteiger partial charge in [0.15, 0.2) is 11.5 Å². The molecular weight excluding hydrogens is 372 g/mol. The van der Waals surface area contributed by atoms with E-state index in [1.165, 1.54) is 0 Å². The maximum atomic E-state index is 12.7.